The molecule has 1 aliphatic rings. The number of carbonyl (C=O) groups is 1. The zero-order valence-electron chi connectivity index (χ0n) is 16.8. The van der Waals surface area contributed by atoms with Gasteiger partial charge in [-0.1, -0.05) is 12.1 Å². The minimum atomic E-state index is -3.66. The van der Waals surface area contributed by atoms with E-state index in [0.29, 0.717) is 30.7 Å². The Morgan fingerprint density at radius 3 is 2.55 bits per heavy atom. The SMILES string of the molecule is O=C(Nc1nccs1)C(CC1CCOCC1)c1ccc(S(=O)(=O)c2cccnc2)cc1. The number of benzene rings is 1. The lowest BCUT2D eigenvalue weighted by molar-refractivity contribution is -0.118. The van der Waals surface area contributed by atoms with Crippen molar-refractivity contribution in [3.8, 4) is 0 Å². The lowest BCUT2D eigenvalue weighted by atomic mass is 9.84. The third kappa shape index (κ3) is 5.17. The summed E-state index contributed by atoms with van der Waals surface area (Å²) in [6.07, 6.45) is 7.01. The van der Waals surface area contributed by atoms with Crippen LogP contribution >= 0.6 is 11.3 Å². The normalized spacial score (nSPS) is 16.0. The highest BCUT2D eigenvalue weighted by molar-refractivity contribution is 7.91. The molecule has 9 heteroatoms. The molecule has 1 atom stereocenters. The van der Waals surface area contributed by atoms with E-state index >= 15 is 0 Å². The Morgan fingerprint density at radius 2 is 1.90 bits per heavy atom. The second kappa shape index (κ2) is 9.67. The monoisotopic (exact) mass is 457 g/mol. The zero-order valence-corrected chi connectivity index (χ0v) is 18.4. The van der Waals surface area contributed by atoms with Gasteiger partial charge in [-0.05, 0) is 55.0 Å². The third-order valence-corrected chi connectivity index (χ3v) is 7.87. The van der Waals surface area contributed by atoms with Crippen LogP contribution < -0.4 is 5.32 Å². The molecule has 3 heterocycles. The Kier molecular flexibility index (Phi) is 6.74. The quantitative estimate of drug-likeness (QED) is 0.578. The molecule has 31 heavy (non-hydrogen) atoms. The summed E-state index contributed by atoms with van der Waals surface area (Å²) in [4.78, 5) is 21.4. The van der Waals surface area contributed by atoms with Crippen LogP contribution in [-0.4, -0.2) is 37.5 Å². The average Bonchev–Trinajstić information content (AvgIpc) is 3.32. The summed E-state index contributed by atoms with van der Waals surface area (Å²) < 4.78 is 31.1. The Morgan fingerprint density at radius 1 is 1.13 bits per heavy atom. The van der Waals surface area contributed by atoms with Crippen LogP contribution in [0.4, 0.5) is 5.13 Å². The number of anilines is 1. The first-order valence-corrected chi connectivity index (χ1v) is 12.4. The fourth-order valence-electron chi connectivity index (χ4n) is 3.71. The fraction of sp³-hybridized carbons (Fsp3) is 0.318. The molecule has 162 valence electrons. The van der Waals surface area contributed by atoms with Crippen LogP contribution in [0, 0.1) is 5.92 Å². The molecule has 0 bridgehead atoms. The van der Waals surface area contributed by atoms with E-state index in [1.54, 1.807) is 41.9 Å². The first-order chi connectivity index (χ1) is 15.0. The number of thiazole rings is 1. The van der Waals surface area contributed by atoms with Crippen molar-refractivity contribution in [3.05, 3.63) is 65.9 Å². The highest BCUT2D eigenvalue weighted by Crippen LogP contribution is 2.32. The summed E-state index contributed by atoms with van der Waals surface area (Å²) in [7, 11) is -3.66. The molecule has 1 saturated heterocycles. The van der Waals surface area contributed by atoms with Gasteiger partial charge in [-0.25, -0.2) is 13.4 Å². The Hall–Kier alpha value is -2.62. The molecular weight excluding hydrogens is 434 g/mol. The van der Waals surface area contributed by atoms with Gasteiger partial charge in [-0.3, -0.25) is 9.78 Å². The molecule has 3 aromatic rings. The summed E-state index contributed by atoms with van der Waals surface area (Å²) in [5.74, 6) is -0.161. The fourth-order valence-corrected chi connectivity index (χ4v) is 5.46. The number of ether oxygens (including phenoxy) is 1. The topological polar surface area (TPSA) is 98.2 Å². The number of nitrogens with zero attached hydrogens (tertiary/aromatic N) is 2. The maximum Gasteiger partial charge on any atom is 0.233 e. The van der Waals surface area contributed by atoms with Crippen molar-refractivity contribution in [2.75, 3.05) is 18.5 Å². The number of rotatable bonds is 7. The van der Waals surface area contributed by atoms with Gasteiger partial charge in [0, 0.05) is 37.2 Å². The summed E-state index contributed by atoms with van der Waals surface area (Å²) >= 11 is 1.37. The van der Waals surface area contributed by atoms with Crippen LogP contribution in [0.2, 0.25) is 0 Å². The van der Waals surface area contributed by atoms with Gasteiger partial charge in [0.15, 0.2) is 5.13 Å². The van der Waals surface area contributed by atoms with Crippen molar-refractivity contribution in [1.29, 1.82) is 0 Å². The van der Waals surface area contributed by atoms with E-state index in [9.17, 15) is 13.2 Å². The van der Waals surface area contributed by atoms with Crippen LogP contribution in [0.3, 0.4) is 0 Å². The summed E-state index contributed by atoms with van der Waals surface area (Å²) in [6.45, 7) is 1.40. The number of pyridine rings is 1. The van der Waals surface area contributed by atoms with Crippen LogP contribution in [0.25, 0.3) is 0 Å². The standard InChI is InChI=1S/C22H23N3O4S2/c26-21(25-22-24-10-13-30-22)20(14-16-7-11-29-12-8-16)17-3-5-18(6-4-17)31(27,28)19-2-1-9-23-15-19/h1-6,9-10,13,15-16,20H,7-8,11-12,14H2,(H,24,25,26). The van der Waals surface area contributed by atoms with E-state index in [0.717, 1.165) is 18.4 Å². The Labute approximate surface area is 185 Å². The molecule has 1 aliphatic heterocycles. The summed E-state index contributed by atoms with van der Waals surface area (Å²) in [6, 6.07) is 9.69. The summed E-state index contributed by atoms with van der Waals surface area (Å²) in [5, 5.41) is 5.25. The first kappa shape index (κ1) is 21.6. The Bertz CT molecular complexity index is 1100. The van der Waals surface area contributed by atoms with Crippen molar-refractivity contribution in [2.24, 2.45) is 5.92 Å². The number of nitrogens with one attached hydrogen (secondary N) is 1. The van der Waals surface area contributed by atoms with Gasteiger partial charge in [0.25, 0.3) is 0 Å². The molecule has 1 unspecified atom stereocenters. The molecule has 1 amide bonds. The minimum Gasteiger partial charge on any atom is -0.381 e. The summed E-state index contributed by atoms with van der Waals surface area (Å²) in [5.41, 5.74) is 0.783. The predicted octanol–water partition coefficient (Wildman–Crippen LogP) is 3.91. The number of amides is 1. The number of hydrogen-bond acceptors (Lipinski definition) is 7. The van der Waals surface area contributed by atoms with Crippen molar-refractivity contribution >= 4 is 32.2 Å². The van der Waals surface area contributed by atoms with Gasteiger partial charge < -0.3 is 10.1 Å². The highest BCUT2D eigenvalue weighted by Gasteiger charge is 2.27. The molecule has 4 rings (SSSR count). The van der Waals surface area contributed by atoms with Crippen LogP contribution in [0.1, 0.15) is 30.7 Å². The molecule has 0 radical (unpaired) electrons. The number of sulfone groups is 1. The molecule has 1 aromatic carbocycles. The van der Waals surface area contributed by atoms with Gasteiger partial charge >= 0.3 is 0 Å². The minimum absolute atomic E-state index is 0.135. The maximum atomic E-state index is 13.1. The smallest absolute Gasteiger partial charge is 0.233 e. The number of aromatic nitrogens is 2. The second-order valence-corrected chi connectivity index (χ2v) is 10.3. The third-order valence-electron chi connectivity index (χ3n) is 5.43. The highest BCUT2D eigenvalue weighted by atomic mass is 32.2. The molecule has 2 aromatic heterocycles. The number of carbonyl (C=O) groups excluding carboxylic acids is 1. The van der Waals surface area contributed by atoms with Crippen molar-refractivity contribution in [2.45, 2.75) is 35.0 Å². The largest absolute Gasteiger partial charge is 0.381 e. The van der Waals surface area contributed by atoms with Crippen LogP contribution in [-0.2, 0) is 19.4 Å². The van der Waals surface area contributed by atoms with E-state index in [2.05, 4.69) is 15.3 Å². The Balaban J connectivity index is 1.59. The van der Waals surface area contributed by atoms with Gasteiger partial charge in [-0.2, -0.15) is 0 Å². The molecule has 7 nitrogen and oxygen atoms in total. The molecular formula is C22H23N3O4S2. The van der Waals surface area contributed by atoms with E-state index in [-0.39, 0.29) is 15.7 Å². The zero-order chi connectivity index (χ0) is 21.7. The van der Waals surface area contributed by atoms with E-state index in [1.165, 1.54) is 29.8 Å². The lowest BCUT2D eigenvalue weighted by Crippen LogP contribution is -2.26. The van der Waals surface area contributed by atoms with E-state index in [4.69, 9.17) is 4.74 Å². The lowest BCUT2D eigenvalue weighted by Gasteiger charge is -2.26. The molecule has 0 spiro atoms. The van der Waals surface area contributed by atoms with Gasteiger partial charge in [0.2, 0.25) is 15.7 Å². The molecule has 0 saturated carbocycles. The number of hydrogen-bond donors (Lipinski definition) is 1. The van der Waals surface area contributed by atoms with Gasteiger partial charge in [0.1, 0.15) is 0 Å². The molecule has 1 N–H and O–H groups in total. The van der Waals surface area contributed by atoms with Crippen molar-refractivity contribution in [1.82, 2.24) is 9.97 Å². The average molecular weight is 458 g/mol. The van der Waals surface area contributed by atoms with Crippen LogP contribution in [0.15, 0.2) is 70.2 Å². The van der Waals surface area contributed by atoms with E-state index < -0.39 is 15.8 Å². The van der Waals surface area contributed by atoms with Crippen molar-refractivity contribution < 1.29 is 17.9 Å². The first-order valence-electron chi connectivity index (χ1n) is 10.1. The van der Waals surface area contributed by atoms with Crippen LogP contribution in [0.5, 0.6) is 0 Å². The van der Waals surface area contributed by atoms with Gasteiger partial charge in [-0.15, -0.1) is 11.3 Å². The second-order valence-electron chi connectivity index (χ2n) is 7.43. The predicted molar refractivity (Wildman–Crippen MR) is 118 cm³/mol. The maximum absolute atomic E-state index is 13.1. The molecule has 0 aliphatic carbocycles. The van der Waals surface area contributed by atoms with E-state index in [1.807, 2.05) is 0 Å². The van der Waals surface area contributed by atoms with Gasteiger partial charge in [0.05, 0.1) is 15.7 Å². The van der Waals surface area contributed by atoms with Crippen molar-refractivity contribution in [3.63, 3.8) is 0 Å². The molecule has 1 fully saturated rings.